The standard InChI is InChI=1S/C25H25F6N7O3/c26-24(27,28)13-35-19(39)12-37-14-38(18-3-1-2-17(9-18)25(29,30)31)23(22(37)41)4-6-36(7-5-23)21(40)16-8-15(10-32)20(33)34-11-16/h1-3,8-11,32H,4-7,12-14H2,(H2,33,34)(H,35,39). The molecule has 4 rings (SSSR count). The Hall–Kier alpha value is -4.37. The molecule has 3 heterocycles. The quantitative estimate of drug-likeness (QED) is 0.353. The van der Waals surface area contributed by atoms with E-state index < -0.39 is 54.3 Å². The fourth-order valence-corrected chi connectivity index (χ4v) is 4.98. The lowest BCUT2D eigenvalue weighted by Crippen LogP contribution is -2.57. The number of nitrogens with one attached hydrogen (secondary N) is 2. The number of likely N-dealkylation sites (tertiary alicyclic amines) is 1. The van der Waals surface area contributed by atoms with Gasteiger partial charge in [-0.05, 0) is 37.1 Å². The molecule has 1 aromatic carbocycles. The van der Waals surface area contributed by atoms with Gasteiger partial charge in [-0.15, -0.1) is 0 Å². The normalized spacial score (nSPS) is 17.2. The van der Waals surface area contributed by atoms with Gasteiger partial charge in [0.2, 0.25) is 5.91 Å². The van der Waals surface area contributed by atoms with Gasteiger partial charge in [0.25, 0.3) is 11.8 Å². The smallest absolute Gasteiger partial charge is 0.383 e. The van der Waals surface area contributed by atoms with Crippen LogP contribution in [-0.4, -0.2) is 83.3 Å². The minimum atomic E-state index is -4.68. The first-order chi connectivity index (χ1) is 19.1. The van der Waals surface area contributed by atoms with Crippen LogP contribution in [0.25, 0.3) is 0 Å². The molecule has 2 aromatic rings. The first-order valence-electron chi connectivity index (χ1n) is 12.3. The second kappa shape index (κ2) is 10.9. The van der Waals surface area contributed by atoms with E-state index >= 15 is 0 Å². The molecule has 3 amide bonds. The zero-order chi connectivity index (χ0) is 30.2. The molecule has 220 valence electrons. The van der Waals surface area contributed by atoms with Gasteiger partial charge in [-0.3, -0.25) is 14.4 Å². The number of carbonyl (C=O) groups is 3. The molecule has 16 heteroatoms. The number of carbonyl (C=O) groups excluding carboxylic acids is 3. The van der Waals surface area contributed by atoms with E-state index in [1.54, 1.807) is 5.32 Å². The molecule has 4 N–H and O–H groups in total. The molecule has 0 atom stereocenters. The second-order valence-corrected chi connectivity index (χ2v) is 9.68. The maximum absolute atomic E-state index is 13.7. The number of rotatable bonds is 6. The molecule has 10 nitrogen and oxygen atoms in total. The Balaban J connectivity index is 1.60. The van der Waals surface area contributed by atoms with Crippen LogP contribution in [0.1, 0.15) is 34.3 Å². The molecule has 0 saturated carbocycles. The number of nitrogens with two attached hydrogens (primary N) is 1. The zero-order valence-corrected chi connectivity index (χ0v) is 21.3. The number of aromatic nitrogens is 1. The highest BCUT2D eigenvalue weighted by atomic mass is 19.4. The summed E-state index contributed by atoms with van der Waals surface area (Å²) in [6.45, 7) is -2.69. The van der Waals surface area contributed by atoms with Gasteiger partial charge in [0.15, 0.2) is 0 Å². The zero-order valence-electron chi connectivity index (χ0n) is 21.3. The summed E-state index contributed by atoms with van der Waals surface area (Å²) in [4.78, 5) is 46.7. The van der Waals surface area contributed by atoms with Crippen LogP contribution in [0.2, 0.25) is 0 Å². The summed E-state index contributed by atoms with van der Waals surface area (Å²) in [6, 6.07) is 5.65. The third kappa shape index (κ3) is 6.20. The number of halogens is 6. The van der Waals surface area contributed by atoms with Crippen molar-refractivity contribution in [3.05, 3.63) is 53.2 Å². The number of nitrogen functional groups attached to an aromatic ring is 1. The van der Waals surface area contributed by atoms with Crippen LogP contribution in [0.15, 0.2) is 36.5 Å². The molecule has 0 radical (unpaired) electrons. The largest absolute Gasteiger partial charge is 0.416 e. The van der Waals surface area contributed by atoms with Crippen LogP contribution in [0.5, 0.6) is 0 Å². The van der Waals surface area contributed by atoms with Gasteiger partial charge in [0.05, 0.1) is 17.8 Å². The summed E-state index contributed by atoms with van der Waals surface area (Å²) in [6.07, 6.45) is -7.24. The summed E-state index contributed by atoms with van der Waals surface area (Å²) >= 11 is 0. The minimum Gasteiger partial charge on any atom is -0.383 e. The first kappa shape index (κ1) is 29.6. The summed E-state index contributed by atoms with van der Waals surface area (Å²) in [7, 11) is 0. The van der Waals surface area contributed by atoms with Crippen LogP contribution < -0.4 is 16.0 Å². The Labute approximate surface area is 229 Å². The number of alkyl halides is 6. The van der Waals surface area contributed by atoms with Crippen LogP contribution >= 0.6 is 0 Å². The van der Waals surface area contributed by atoms with Crippen molar-refractivity contribution in [1.29, 1.82) is 5.41 Å². The maximum atomic E-state index is 13.7. The van der Waals surface area contributed by atoms with Crippen LogP contribution in [0, 0.1) is 5.41 Å². The van der Waals surface area contributed by atoms with Gasteiger partial charge >= 0.3 is 12.4 Å². The molecule has 1 aromatic heterocycles. The topological polar surface area (TPSA) is 136 Å². The Kier molecular flexibility index (Phi) is 7.87. The molecular weight excluding hydrogens is 560 g/mol. The number of benzene rings is 1. The number of anilines is 2. The van der Waals surface area contributed by atoms with Crippen molar-refractivity contribution in [2.75, 3.05) is 43.5 Å². The van der Waals surface area contributed by atoms with Crippen molar-refractivity contribution < 1.29 is 40.7 Å². The summed E-state index contributed by atoms with van der Waals surface area (Å²) in [5.41, 5.74) is 3.66. The molecular formula is C25H25F6N7O3. The number of amides is 3. The molecule has 2 saturated heterocycles. The predicted octanol–water partition coefficient (Wildman–Crippen LogP) is 2.64. The van der Waals surface area contributed by atoms with Crippen molar-refractivity contribution in [2.45, 2.75) is 30.7 Å². The Morgan fingerprint density at radius 3 is 2.41 bits per heavy atom. The van der Waals surface area contributed by atoms with Gasteiger partial charge in [-0.2, -0.15) is 26.3 Å². The average molecular weight is 586 g/mol. The number of pyridine rings is 1. The molecule has 2 fully saturated rings. The molecule has 2 aliphatic heterocycles. The van der Waals surface area contributed by atoms with Gasteiger partial charge < -0.3 is 31.2 Å². The Bertz CT molecular complexity index is 1360. The minimum absolute atomic E-state index is 0.00154. The predicted molar refractivity (Wildman–Crippen MR) is 134 cm³/mol. The van der Waals surface area contributed by atoms with Gasteiger partial charge in [-0.25, -0.2) is 4.98 Å². The molecule has 1 spiro atoms. The van der Waals surface area contributed by atoms with E-state index in [2.05, 4.69) is 4.98 Å². The lowest BCUT2D eigenvalue weighted by molar-refractivity contribution is -0.142. The summed E-state index contributed by atoms with van der Waals surface area (Å²) < 4.78 is 78.0. The number of hydrogen-bond acceptors (Lipinski definition) is 7. The van der Waals surface area contributed by atoms with E-state index in [9.17, 15) is 40.7 Å². The fraction of sp³-hybridized carbons (Fsp3) is 0.400. The average Bonchev–Trinajstić information content (AvgIpc) is 3.17. The molecule has 0 bridgehead atoms. The van der Waals surface area contributed by atoms with Gasteiger partial charge in [0.1, 0.15) is 24.4 Å². The van der Waals surface area contributed by atoms with Crippen molar-refractivity contribution in [3.63, 3.8) is 0 Å². The highest BCUT2D eigenvalue weighted by Crippen LogP contribution is 2.41. The SMILES string of the molecule is N=Cc1cc(C(=O)N2CCC3(CC2)C(=O)N(CC(=O)NCC(F)(F)F)CN3c2cccc(C(F)(F)F)c2)cnc1N. The van der Waals surface area contributed by atoms with E-state index in [4.69, 9.17) is 11.1 Å². The fourth-order valence-electron chi connectivity index (χ4n) is 4.98. The summed E-state index contributed by atoms with van der Waals surface area (Å²) in [5.74, 6) is -2.14. The number of nitrogens with zero attached hydrogens (tertiary/aromatic N) is 4. The van der Waals surface area contributed by atoms with E-state index in [1.807, 2.05) is 0 Å². The monoisotopic (exact) mass is 585 g/mol. The lowest BCUT2D eigenvalue weighted by atomic mass is 9.85. The van der Waals surface area contributed by atoms with E-state index in [0.29, 0.717) is 0 Å². The lowest BCUT2D eigenvalue weighted by Gasteiger charge is -2.43. The van der Waals surface area contributed by atoms with E-state index in [1.165, 1.54) is 34.2 Å². The molecule has 0 aliphatic carbocycles. The third-order valence-electron chi connectivity index (χ3n) is 7.05. The van der Waals surface area contributed by atoms with Crippen molar-refractivity contribution in [2.24, 2.45) is 0 Å². The molecule has 0 unspecified atom stereocenters. The van der Waals surface area contributed by atoms with E-state index in [0.717, 1.165) is 23.2 Å². The van der Waals surface area contributed by atoms with Crippen LogP contribution in [0.4, 0.5) is 37.8 Å². The Morgan fingerprint density at radius 1 is 1.12 bits per heavy atom. The Morgan fingerprint density at radius 2 is 1.80 bits per heavy atom. The van der Waals surface area contributed by atoms with E-state index in [-0.39, 0.29) is 55.2 Å². The van der Waals surface area contributed by atoms with Gasteiger partial charge in [0, 0.05) is 36.8 Å². The van der Waals surface area contributed by atoms with Gasteiger partial charge in [-0.1, -0.05) is 6.07 Å². The number of piperidine rings is 1. The van der Waals surface area contributed by atoms with Crippen LogP contribution in [0.3, 0.4) is 0 Å². The third-order valence-corrected chi connectivity index (χ3v) is 7.05. The number of hydrogen-bond donors (Lipinski definition) is 3. The second-order valence-electron chi connectivity index (χ2n) is 9.68. The maximum Gasteiger partial charge on any atom is 0.416 e. The van der Waals surface area contributed by atoms with Crippen molar-refractivity contribution >= 4 is 35.4 Å². The van der Waals surface area contributed by atoms with Crippen molar-refractivity contribution in [3.8, 4) is 0 Å². The molecule has 41 heavy (non-hydrogen) atoms. The highest BCUT2D eigenvalue weighted by Gasteiger charge is 2.54. The first-order valence-corrected chi connectivity index (χ1v) is 12.3. The summed E-state index contributed by atoms with van der Waals surface area (Å²) in [5, 5.41) is 9.10. The molecule has 2 aliphatic rings. The van der Waals surface area contributed by atoms with Crippen LogP contribution in [-0.2, 0) is 15.8 Å². The highest BCUT2D eigenvalue weighted by molar-refractivity contribution is 5.98. The van der Waals surface area contributed by atoms with Crippen molar-refractivity contribution in [1.82, 2.24) is 20.1 Å².